The van der Waals surface area contributed by atoms with Gasteiger partial charge in [0.2, 0.25) is 5.91 Å². The van der Waals surface area contributed by atoms with Gasteiger partial charge in [0, 0.05) is 30.3 Å². The van der Waals surface area contributed by atoms with Gasteiger partial charge in [-0.05, 0) is 19.4 Å². The fraction of sp³-hybridized carbons (Fsp3) is 0.444. The van der Waals surface area contributed by atoms with Gasteiger partial charge in [0.1, 0.15) is 0 Å². The fourth-order valence-electron chi connectivity index (χ4n) is 2.61. The van der Waals surface area contributed by atoms with Gasteiger partial charge in [-0.25, -0.2) is 0 Å². The predicted molar refractivity (Wildman–Crippen MR) is 88.9 cm³/mol. The van der Waals surface area contributed by atoms with Gasteiger partial charge in [-0.2, -0.15) is 5.10 Å². The molecule has 4 nitrogen and oxygen atoms in total. The molecule has 0 spiro atoms. The summed E-state index contributed by atoms with van der Waals surface area (Å²) in [7, 11) is 1.91. The van der Waals surface area contributed by atoms with Gasteiger partial charge in [0.25, 0.3) is 0 Å². The van der Waals surface area contributed by atoms with Crippen molar-refractivity contribution >= 4 is 5.91 Å². The molecule has 0 saturated carbocycles. The van der Waals surface area contributed by atoms with E-state index < -0.39 is 0 Å². The molecule has 22 heavy (non-hydrogen) atoms. The maximum absolute atomic E-state index is 12.3. The van der Waals surface area contributed by atoms with Gasteiger partial charge in [-0.15, -0.1) is 0 Å². The number of carbonyl (C=O) groups excluding carboxylic acids is 1. The monoisotopic (exact) mass is 299 g/mol. The lowest BCUT2D eigenvalue weighted by molar-refractivity contribution is -0.120. The SMILES string of the molecule is Cc1nn(C)c(C)c1CC(=O)NCC(C)(C)c1ccccc1. The van der Waals surface area contributed by atoms with Crippen LogP contribution < -0.4 is 5.32 Å². The molecule has 0 aliphatic carbocycles. The highest BCUT2D eigenvalue weighted by atomic mass is 16.1. The van der Waals surface area contributed by atoms with Crippen LogP contribution in [0.3, 0.4) is 0 Å². The Morgan fingerprint density at radius 1 is 1.23 bits per heavy atom. The zero-order valence-corrected chi connectivity index (χ0v) is 14.1. The van der Waals surface area contributed by atoms with Crippen molar-refractivity contribution in [2.75, 3.05) is 6.54 Å². The van der Waals surface area contributed by atoms with Crippen LogP contribution in [-0.4, -0.2) is 22.2 Å². The minimum absolute atomic E-state index is 0.0446. The van der Waals surface area contributed by atoms with Crippen molar-refractivity contribution in [3.05, 3.63) is 52.8 Å². The summed E-state index contributed by atoms with van der Waals surface area (Å²) >= 11 is 0. The molecule has 2 rings (SSSR count). The van der Waals surface area contributed by atoms with Crippen molar-refractivity contribution in [3.63, 3.8) is 0 Å². The summed E-state index contributed by atoms with van der Waals surface area (Å²) in [5, 5.41) is 7.41. The molecule has 1 aromatic heterocycles. The smallest absolute Gasteiger partial charge is 0.224 e. The third-order valence-electron chi connectivity index (χ3n) is 4.28. The number of hydrogen-bond donors (Lipinski definition) is 1. The Balaban J connectivity index is 1.98. The number of aromatic nitrogens is 2. The molecule has 0 radical (unpaired) electrons. The molecule has 2 aromatic rings. The first-order valence-electron chi connectivity index (χ1n) is 7.62. The second-order valence-electron chi connectivity index (χ2n) is 6.48. The second kappa shape index (κ2) is 6.34. The van der Waals surface area contributed by atoms with E-state index in [-0.39, 0.29) is 11.3 Å². The summed E-state index contributed by atoms with van der Waals surface area (Å²) in [6.45, 7) is 8.85. The molecular weight excluding hydrogens is 274 g/mol. The Morgan fingerprint density at radius 3 is 2.41 bits per heavy atom. The van der Waals surface area contributed by atoms with Crippen LogP contribution in [-0.2, 0) is 23.7 Å². The average Bonchev–Trinajstić information content (AvgIpc) is 2.73. The largest absolute Gasteiger partial charge is 0.355 e. The first kappa shape index (κ1) is 16.3. The van der Waals surface area contributed by atoms with E-state index in [1.54, 1.807) is 0 Å². The molecular formula is C18H25N3O. The van der Waals surface area contributed by atoms with Crippen LogP contribution in [0.2, 0.25) is 0 Å². The average molecular weight is 299 g/mol. The highest BCUT2D eigenvalue weighted by molar-refractivity contribution is 5.79. The molecule has 118 valence electrons. The van der Waals surface area contributed by atoms with Gasteiger partial charge in [-0.3, -0.25) is 9.48 Å². The quantitative estimate of drug-likeness (QED) is 0.922. The first-order chi connectivity index (χ1) is 10.3. The highest BCUT2D eigenvalue weighted by Crippen LogP contribution is 2.21. The minimum Gasteiger partial charge on any atom is -0.355 e. The summed E-state index contributed by atoms with van der Waals surface area (Å²) in [5.74, 6) is 0.0446. The number of hydrogen-bond acceptors (Lipinski definition) is 2. The van der Waals surface area contributed by atoms with Crippen LogP contribution in [0.15, 0.2) is 30.3 Å². The van der Waals surface area contributed by atoms with Crippen LogP contribution in [0.1, 0.15) is 36.4 Å². The van der Waals surface area contributed by atoms with Crippen molar-refractivity contribution in [1.82, 2.24) is 15.1 Å². The number of nitrogens with one attached hydrogen (secondary N) is 1. The molecule has 0 bridgehead atoms. The Hall–Kier alpha value is -2.10. The van der Waals surface area contributed by atoms with E-state index in [0.717, 1.165) is 17.0 Å². The summed E-state index contributed by atoms with van der Waals surface area (Å²) in [5.41, 5.74) is 4.14. The number of benzene rings is 1. The number of aryl methyl sites for hydroxylation is 2. The van der Waals surface area contributed by atoms with E-state index in [0.29, 0.717) is 13.0 Å². The van der Waals surface area contributed by atoms with Crippen molar-refractivity contribution in [1.29, 1.82) is 0 Å². The van der Waals surface area contributed by atoms with Crippen LogP contribution in [0.5, 0.6) is 0 Å². The first-order valence-corrected chi connectivity index (χ1v) is 7.62. The van der Waals surface area contributed by atoms with Crippen LogP contribution >= 0.6 is 0 Å². The Bertz CT molecular complexity index is 656. The molecule has 1 aromatic carbocycles. The van der Waals surface area contributed by atoms with Gasteiger partial charge in [0.15, 0.2) is 0 Å². The third kappa shape index (κ3) is 3.56. The van der Waals surface area contributed by atoms with Crippen LogP contribution in [0.4, 0.5) is 0 Å². The topological polar surface area (TPSA) is 46.9 Å². The molecule has 1 N–H and O–H groups in total. The van der Waals surface area contributed by atoms with Crippen LogP contribution in [0, 0.1) is 13.8 Å². The molecule has 0 fully saturated rings. The summed E-state index contributed by atoms with van der Waals surface area (Å²) in [4.78, 5) is 12.3. The molecule has 0 aliphatic heterocycles. The van der Waals surface area contributed by atoms with Crippen molar-refractivity contribution in [3.8, 4) is 0 Å². The predicted octanol–water partition coefficient (Wildman–Crippen LogP) is 2.67. The van der Waals surface area contributed by atoms with Gasteiger partial charge in [-0.1, -0.05) is 44.2 Å². The molecule has 0 aliphatic rings. The number of nitrogens with zero attached hydrogens (tertiary/aromatic N) is 2. The van der Waals surface area contributed by atoms with Gasteiger partial charge >= 0.3 is 0 Å². The van der Waals surface area contributed by atoms with E-state index in [1.807, 2.05) is 43.8 Å². The molecule has 1 amide bonds. The number of carbonyl (C=O) groups is 1. The zero-order chi connectivity index (χ0) is 16.3. The Morgan fingerprint density at radius 2 is 1.86 bits per heavy atom. The van der Waals surface area contributed by atoms with Gasteiger partial charge in [0.05, 0.1) is 12.1 Å². The van der Waals surface area contributed by atoms with Crippen molar-refractivity contribution in [2.24, 2.45) is 7.05 Å². The lowest BCUT2D eigenvalue weighted by Gasteiger charge is -2.25. The lowest BCUT2D eigenvalue weighted by Crippen LogP contribution is -2.37. The fourth-order valence-corrected chi connectivity index (χ4v) is 2.61. The highest BCUT2D eigenvalue weighted by Gasteiger charge is 2.21. The summed E-state index contributed by atoms with van der Waals surface area (Å²) < 4.78 is 1.83. The summed E-state index contributed by atoms with van der Waals surface area (Å²) in [6, 6.07) is 10.3. The number of rotatable bonds is 5. The van der Waals surface area contributed by atoms with Crippen LogP contribution in [0.25, 0.3) is 0 Å². The maximum atomic E-state index is 12.3. The van der Waals surface area contributed by atoms with Crippen molar-refractivity contribution < 1.29 is 4.79 Å². The second-order valence-corrected chi connectivity index (χ2v) is 6.48. The standard InChI is InChI=1S/C18H25N3O/c1-13-16(14(2)21(5)20-13)11-17(22)19-12-18(3,4)15-9-7-6-8-10-15/h6-10H,11-12H2,1-5H3,(H,19,22). The van der Waals surface area contributed by atoms with Crippen molar-refractivity contribution in [2.45, 2.75) is 39.5 Å². The van der Waals surface area contributed by atoms with Gasteiger partial charge < -0.3 is 5.32 Å². The summed E-state index contributed by atoms with van der Waals surface area (Å²) in [6.07, 6.45) is 0.385. The zero-order valence-electron chi connectivity index (χ0n) is 14.1. The molecule has 1 heterocycles. The maximum Gasteiger partial charge on any atom is 0.224 e. The molecule has 4 heteroatoms. The van der Waals surface area contributed by atoms with E-state index in [1.165, 1.54) is 5.56 Å². The van der Waals surface area contributed by atoms with E-state index in [9.17, 15) is 4.79 Å². The third-order valence-corrected chi connectivity index (χ3v) is 4.28. The lowest BCUT2D eigenvalue weighted by atomic mass is 9.84. The Labute approximate surface area is 132 Å². The number of amides is 1. The normalized spacial score (nSPS) is 11.5. The van der Waals surface area contributed by atoms with E-state index >= 15 is 0 Å². The Kier molecular flexibility index (Phi) is 4.69. The van der Waals surface area contributed by atoms with E-state index in [4.69, 9.17) is 0 Å². The molecule has 0 unspecified atom stereocenters. The minimum atomic E-state index is -0.0874. The molecule has 0 saturated heterocycles. The van der Waals surface area contributed by atoms with E-state index in [2.05, 4.69) is 36.4 Å². The molecule has 0 atom stereocenters.